The van der Waals surface area contributed by atoms with Gasteiger partial charge in [0.25, 0.3) is 0 Å². The van der Waals surface area contributed by atoms with Crippen molar-refractivity contribution in [2.75, 3.05) is 42.4 Å². The number of hydrogen-bond acceptors (Lipinski definition) is 8. The van der Waals surface area contributed by atoms with Crippen LogP contribution in [0.1, 0.15) is 18.6 Å². The van der Waals surface area contributed by atoms with E-state index in [1.165, 1.54) is 12.2 Å². The molecule has 3 aromatic rings. The lowest BCUT2D eigenvalue weighted by atomic mass is 10.0. The summed E-state index contributed by atoms with van der Waals surface area (Å²) in [5, 5.41) is 14.7. The fraction of sp³-hybridized carbons (Fsp3) is 0.241. The number of nitrogen functional groups attached to an aromatic ring is 1. The number of nitrogens with two attached hydrogens (primary N) is 1. The predicted octanol–water partition coefficient (Wildman–Crippen LogP) is 5.25. The van der Waals surface area contributed by atoms with Gasteiger partial charge in [0.2, 0.25) is 5.91 Å². The Bertz CT molecular complexity index is 1250. The highest BCUT2D eigenvalue weighted by Gasteiger charge is 2.29. The molecular formula is C29H33N3O6S. The van der Waals surface area contributed by atoms with Crippen LogP contribution in [-0.4, -0.2) is 49.3 Å². The molecule has 3 aromatic carbocycles. The van der Waals surface area contributed by atoms with Crippen molar-refractivity contribution in [3.8, 4) is 5.75 Å². The van der Waals surface area contributed by atoms with Crippen LogP contribution < -0.4 is 21.1 Å². The summed E-state index contributed by atoms with van der Waals surface area (Å²) in [5.74, 6) is -0.0206. The molecule has 3 rings (SSSR count). The molecule has 0 unspecified atom stereocenters. The van der Waals surface area contributed by atoms with E-state index in [-0.39, 0.29) is 19.8 Å². The lowest BCUT2D eigenvalue weighted by Crippen LogP contribution is -2.28. The van der Waals surface area contributed by atoms with Crippen molar-refractivity contribution in [2.24, 2.45) is 0 Å². The zero-order valence-electron chi connectivity index (χ0n) is 21.8. The third kappa shape index (κ3) is 9.06. The fourth-order valence-corrected chi connectivity index (χ4v) is 4.06. The quantitative estimate of drug-likeness (QED) is 0.129. The van der Waals surface area contributed by atoms with Crippen LogP contribution in [0, 0.1) is 0 Å². The van der Waals surface area contributed by atoms with E-state index in [0.717, 1.165) is 4.90 Å². The van der Waals surface area contributed by atoms with Crippen LogP contribution in [0.2, 0.25) is 0 Å². The molecule has 206 valence electrons. The van der Waals surface area contributed by atoms with Crippen molar-refractivity contribution in [1.29, 1.82) is 0 Å². The van der Waals surface area contributed by atoms with Gasteiger partial charge in [-0.25, -0.2) is 4.79 Å². The molecule has 0 radical (unpaired) electrons. The number of aliphatic hydroxyl groups excluding tert-OH is 1. The van der Waals surface area contributed by atoms with E-state index in [0.29, 0.717) is 28.4 Å². The summed E-state index contributed by atoms with van der Waals surface area (Å²) in [6, 6.07) is 21.2. The van der Waals surface area contributed by atoms with Gasteiger partial charge in [-0.1, -0.05) is 30.3 Å². The molecular weight excluding hydrogens is 518 g/mol. The van der Waals surface area contributed by atoms with E-state index in [4.69, 9.17) is 19.9 Å². The molecule has 10 heteroatoms. The molecule has 0 aromatic heterocycles. The van der Waals surface area contributed by atoms with E-state index in [9.17, 15) is 14.7 Å². The molecule has 0 saturated carbocycles. The highest BCUT2D eigenvalue weighted by Crippen LogP contribution is 2.33. The molecule has 0 heterocycles. The SMILES string of the molecule is CCO[C@@H](/C=C/C(=O)Nc1ccccc1N)[C@@H](OC(=O)Nc1ccc(SC)cc1)c1ccccc1OCCO. The molecule has 0 aliphatic carbocycles. The molecule has 0 aliphatic heterocycles. The molecule has 5 N–H and O–H groups in total. The number of carbonyl (C=O) groups excluding carboxylic acids is 2. The lowest BCUT2D eigenvalue weighted by molar-refractivity contribution is -0.112. The first-order chi connectivity index (χ1) is 18.9. The van der Waals surface area contributed by atoms with Gasteiger partial charge in [0, 0.05) is 28.8 Å². The second-order valence-electron chi connectivity index (χ2n) is 8.14. The second kappa shape index (κ2) is 15.4. The average molecular weight is 552 g/mol. The fourth-order valence-electron chi connectivity index (χ4n) is 3.65. The molecule has 39 heavy (non-hydrogen) atoms. The van der Waals surface area contributed by atoms with Crippen molar-refractivity contribution in [2.45, 2.75) is 24.0 Å². The standard InChI is InChI=1S/C29H33N3O6S/c1-3-36-26(16-17-27(34)32-24-10-6-5-9-23(24)30)28(22-8-4-7-11-25(22)37-19-18-33)38-29(35)31-20-12-14-21(39-2)15-13-20/h4-17,26,28,33H,3,18-19,30H2,1-2H3,(H,31,35)(H,32,34)/b17-16+/t26-,28-/m0/s1. The number of anilines is 3. The van der Waals surface area contributed by atoms with Crippen LogP contribution in [-0.2, 0) is 14.3 Å². The van der Waals surface area contributed by atoms with Gasteiger partial charge in [-0.15, -0.1) is 11.8 Å². The van der Waals surface area contributed by atoms with Crippen molar-refractivity contribution in [3.63, 3.8) is 0 Å². The summed E-state index contributed by atoms with van der Waals surface area (Å²) in [5.41, 5.74) is 7.90. The number of hydrogen-bond donors (Lipinski definition) is 4. The number of carbonyl (C=O) groups is 2. The number of nitrogens with one attached hydrogen (secondary N) is 2. The van der Waals surface area contributed by atoms with E-state index in [1.54, 1.807) is 79.3 Å². The van der Waals surface area contributed by atoms with Gasteiger partial charge in [-0.2, -0.15) is 0 Å². The highest BCUT2D eigenvalue weighted by molar-refractivity contribution is 7.98. The molecule has 2 atom stereocenters. The average Bonchev–Trinajstić information content (AvgIpc) is 2.95. The van der Waals surface area contributed by atoms with Gasteiger partial charge in [-0.05, 0) is 61.7 Å². The Kier molecular flexibility index (Phi) is 11.7. The first-order valence-corrected chi connectivity index (χ1v) is 13.6. The molecule has 0 fully saturated rings. The van der Waals surface area contributed by atoms with Crippen LogP contribution in [0.3, 0.4) is 0 Å². The van der Waals surface area contributed by atoms with Crippen LogP contribution >= 0.6 is 11.8 Å². The maximum atomic E-state index is 13.0. The predicted molar refractivity (Wildman–Crippen MR) is 154 cm³/mol. The summed E-state index contributed by atoms with van der Waals surface area (Å²) < 4.78 is 17.5. The normalized spacial score (nSPS) is 12.5. The monoisotopic (exact) mass is 551 g/mol. The summed E-state index contributed by atoms with van der Waals surface area (Å²) in [7, 11) is 0. The van der Waals surface area contributed by atoms with E-state index < -0.39 is 24.2 Å². The van der Waals surface area contributed by atoms with Gasteiger partial charge in [0.05, 0.1) is 18.0 Å². The third-order valence-corrected chi connectivity index (χ3v) is 6.20. The maximum absolute atomic E-state index is 13.0. The largest absolute Gasteiger partial charge is 0.491 e. The molecule has 0 saturated heterocycles. The maximum Gasteiger partial charge on any atom is 0.412 e. The minimum absolute atomic E-state index is 0.0494. The Morgan fingerprint density at radius 3 is 2.44 bits per heavy atom. The highest BCUT2D eigenvalue weighted by atomic mass is 32.2. The number of aliphatic hydroxyl groups is 1. The van der Waals surface area contributed by atoms with E-state index in [1.807, 2.05) is 18.4 Å². The molecule has 0 bridgehead atoms. The van der Waals surface area contributed by atoms with Gasteiger partial charge in [0.1, 0.15) is 18.5 Å². The summed E-state index contributed by atoms with van der Waals surface area (Å²) in [4.78, 5) is 26.7. The molecule has 2 amide bonds. The molecule has 9 nitrogen and oxygen atoms in total. The molecule has 0 spiro atoms. The second-order valence-corrected chi connectivity index (χ2v) is 9.02. The van der Waals surface area contributed by atoms with Crippen LogP contribution in [0.15, 0.2) is 89.8 Å². The Labute approximate surface area is 232 Å². The summed E-state index contributed by atoms with van der Waals surface area (Å²) >= 11 is 1.59. The zero-order valence-corrected chi connectivity index (χ0v) is 22.6. The van der Waals surface area contributed by atoms with E-state index in [2.05, 4.69) is 10.6 Å². The third-order valence-electron chi connectivity index (χ3n) is 5.46. The van der Waals surface area contributed by atoms with Gasteiger partial charge < -0.3 is 30.4 Å². The van der Waals surface area contributed by atoms with Crippen molar-refractivity contribution in [1.82, 2.24) is 0 Å². The number of thioether (sulfide) groups is 1. The van der Waals surface area contributed by atoms with Crippen molar-refractivity contribution < 1.29 is 28.9 Å². The number of ether oxygens (including phenoxy) is 3. The van der Waals surface area contributed by atoms with Gasteiger partial charge in [0.15, 0.2) is 6.10 Å². The Hall–Kier alpha value is -3.99. The minimum Gasteiger partial charge on any atom is -0.491 e. The smallest absolute Gasteiger partial charge is 0.412 e. The topological polar surface area (TPSA) is 132 Å². The Morgan fingerprint density at radius 2 is 1.74 bits per heavy atom. The Balaban J connectivity index is 1.88. The van der Waals surface area contributed by atoms with Crippen LogP contribution in [0.4, 0.5) is 21.9 Å². The van der Waals surface area contributed by atoms with Gasteiger partial charge >= 0.3 is 6.09 Å². The number of benzene rings is 3. The van der Waals surface area contributed by atoms with E-state index >= 15 is 0 Å². The first kappa shape index (κ1) is 29.6. The lowest BCUT2D eigenvalue weighted by Gasteiger charge is -2.27. The number of rotatable bonds is 13. The van der Waals surface area contributed by atoms with Crippen LogP contribution in [0.25, 0.3) is 0 Å². The minimum atomic E-state index is -0.990. The number of amides is 2. The zero-order chi connectivity index (χ0) is 28.0. The first-order valence-electron chi connectivity index (χ1n) is 12.3. The van der Waals surface area contributed by atoms with Gasteiger partial charge in [-0.3, -0.25) is 10.1 Å². The Morgan fingerprint density at radius 1 is 1.03 bits per heavy atom. The summed E-state index contributed by atoms with van der Waals surface area (Å²) in [6.07, 6.45) is 2.24. The van der Waals surface area contributed by atoms with Crippen LogP contribution in [0.5, 0.6) is 5.75 Å². The summed E-state index contributed by atoms with van der Waals surface area (Å²) in [6.45, 7) is 1.93. The number of para-hydroxylation sites is 3. The van der Waals surface area contributed by atoms with Crippen molar-refractivity contribution in [3.05, 3.63) is 90.5 Å². The molecule has 0 aliphatic rings. The van der Waals surface area contributed by atoms with Crippen molar-refractivity contribution >= 4 is 40.8 Å².